The Bertz CT molecular complexity index is 1040. The SMILES string of the molecule is N#CC1=C(N)N(c2ccc(Br)cc2F)C2=C(C(=O)CCC2)[C@@H]1c1cccs1. The van der Waals surface area contributed by atoms with Gasteiger partial charge in [-0.05, 0) is 42.5 Å². The molecular formula is C20H15BrFN3OS. The molecule has 1 aromatic heterocycles. The molecule has 7 heteroatoms. The molecule has 0 spiro atoms. The summed E-state index contributed by atoms with van der Waals surface area (Å²) in [5.41, 5.74) is 8.18. The van der Waals surface area contributed by atoms with Crippen molar-refractivity contribution in [1.29, 1.82) is 5.26 Å². The Kier molecular flexibility index (Phi) is 4.62. The lowest BCUT2D eigenvalue weighted by Crippen LogP contribution is -2.39. The molecule has 4 rings (SSSR count). The standard InChI is InChI=1S/C20H15BrFN3OS/c21-11-6-7-14(13(22)9-11)25-15-3-1-4-16(26)19(15)18(12(10-23)20(25)24)17-5-2-8-27-17/h2,5-9,18H,1,3-4,24H2/t18-/m0/s1. The molecule has 0 bridgehead atoms. The summed E-state index contributed by atoms with van der Waals surface area (Å²) in [5, 5.41) is 11.8. The van der Waals surface area contributed by atoms with E-state index in [1.165, 1.54) is 17.4 Å². The average molecular weight is 444 g/mol. The number of nitriles is 1. The van der Waals surface area contributed by atoms with Crippen molar-refractivity contribution in [3.63, 3.8) is 0 Å². The number of hydrogen-bond donors (Lipinski definition) is 1. The van der Waals surface area contributed by atoms with E-state index in [1.54, 1.807) is 17.0 Å². The topological polar surface area (TPSA) is 70.1 Å². The number of carbonyl (C=O) groups excluding carboxylic acids is 1. The summed E-state index contributed by atoms with van der Waals surface area (Å²) in [6.07, 6.45) is 1.71. The van der Waals surface area contributed by atoms with E-state index >= 15 is 0 Å². The lowest BCUT2D eigenvalue weighted by molar-refractivity contribution is -0.116. The van der Waals surface area contributed by atoms with Gasteiger partial charge in [-0.2, -0.15) is 5.26 Å². The molecule has 27 heavy (non-hydrogen) atoms. The summed E-state index contributed by atoms with van der Waals surface area (Å²) < 4.78 is 15.3. The number of thiophene rings is 1. The van der Waals surface area contributed by atoms with E-state index in [-0.39, 0.29) is 22.9 Å². The third-order valence-electron chi connectivity index (χ3n) is 4.89. The molecule has 0 saturated carbocycles. The lowest BCUT2D eigenvalue weighted by Gasteiger charge is -2.39. The largest absolute Gasteiger partial charge is 0.384 e. The quantitative estimate of drug-likeness (QED) is 0.712. The van der Waals surface area contributed by atoms with Crippen LogP contribution in [0.15, 0.2) is 62.8 Å². The van der Waals surface area contributed by atoms with Crippen LogP contribution in [0.4, 0.5) is 10.1 Å². The van der Waals surface area contributed by atoms with Gasteiger partial charge in [0, 0.05) is 27.0 Å². The van der Waals surface area contributed by atoms with Gasteiger partial charge in [0.15, 0.2) is 5.78 Å². The molecule has 0 unspecified atom stereocenters. The first kappa shape index (κ1) is 18.0. The molecule has 2 aromatic rings. The van der Waals surface area contributed by atoms with E-state index in [4.69, 9.17) is 5.73 Å². The molecular weight excluding hydrogens is 429 g/mol. The number of halogens is 2. The zero-order valence-electron chi connectivity index (χ0n) is 14.2. The Morgan fingerprint density at radius 3 is 2.81 bits per heavy atom. The van der Waals surface area contributed by atoms with Crippen LogP contribution < -0.4 is 10.6 Å². The number of benzene rings is 1. The van der Waals surface area contributed by atoms with Gasteiger partial charge in [0.25, 0.3) is 0 Å². The van der Waals surface area contributed by atoms with Gasteiger partial charge in [0.1, 0.15) is 11.6 Å². The zero-order chi connectivity index (χ0) is 19.1. The summed E-state index contributed by atoms with van der Waals surface area (Å²) in [6, 6.07) is 10.6. The lowest BCUT2D eigenvalue weighted by atomic mass is 9.78. The highest BCUT2D eigenvalue weighted by Crippen LogP contribution is 2.47. The molecule has 1 aliphatic carbocycles. The van der Waals surface area contributed by atoms with Crippen LogP contribution in [0.3, 0.4) is 0 Å². The van der Waals surface area contributed by atoms with Gasteiger partial charge in [0.2, 0.25) is 0 Å². The first-order chi connectivity index (χ1) is 13.0. The van der Waals surface area contributed by atoms with Gasteiger partial charge in [-0.1, -0.05) is 22.0 Å². The molecule has 2 heterocycles. The first-order valence-corrected chi connectivity index (χ1v) is 10.1. The molecule has 1 aliphatic heterocycles. The highest BCUT2D eigenvalue weighted by molar-refractivity contribution is 9.10. The van der Waals surface area contributed by atoms with E-state index < -0.39 is 11.7 Å². The molecule has 1 aromatic carbocycles. The number of carbonyl (C=O) groups is 1. The van der Waals surface area contributed by atoms with Crippen molar-refractivity contribution in [1.82, 2.24) is 0 Å². The molecule has 0 saturated heterocycles. The number of nitrogens with zero attached hydrogens (tertiary/aromatic N) is 2. The molecule has 4 nitrogen and oxygen atoms in total. The molecule has 0 radical (unpaired) electrons. The van der Waals surface area contributed by atoms with Crippen LogP contribution in [-0.2, 0) is 4.79 Å². The number of hydrogen-bond acceptors (Lipinski definition) is 5. The second kappa shape index (κ2) is 6.95. The summed E-state index contributed by atoms with van der Waals surface area (Å²) >= 11 is 4.74. The van der Waals surface area contributed by atoms with E-state index in [9.17, 15) is 14.4 Å². The molecule has 2 aliphatic rings. The van der Waals surface area contributed by atoms with Crippen LogP contribution in [0, 0.1) is 17.1 Å². The van der Waals surface area contributed by atoms with Crippen LogP contribution in [-0.4, -0.2) is 5.78 Å². The van der Waals surface area contributed by atoms with E-state index in [2.05, 4.69) is 22.0 Å². The maximum atomic E-state index is 14.7. The van der Waals surface area contributed by atoms with E-state index in [0.29, 0.717) is 35.0 Å². The van der Waals surface area contributed by atoms with Crippen molar-refractivity contribution >= 4 is 38.7 Å². The molecule has 0 amide bonds. The van der Waals surface area contributed by atoms with Crippen LogP contribution >= 0.6 is 27.3 Å². The Balaban J connectivity index is 1.99. The smallest absolute Gasteiger partial charge is 0.161 e. The Morgan fingerprint density at radius 1 is 1.33 bits per heavy atom. The number of rotatable bonds is 2. The van der Waals surface area contributed by atoms with Gasteiger partial charge in [-0.15, -0.1) is 11.3 Å². The summed E-state index contributed by atoms with van der Waals surface area (Å²) in [6.45, 7) is 0. The van der Waals surface area contributed by atoms with Gasteiger partial charge >= 0.3 is 0 Å². The Hall–Kier alpha value is -2.43. The second-order valence-electron chi connectivity index (χ2n) is 6.43. The Labute approximate surface area is 168 Å². The number of Topliss-reactive ketones (excluding diaryl/α,β-unsaturated/α-hetero) is 1. The maximum absolute atomic E-state index is 14.7. The van der Waals surface area contributed by atoms with E-state index in [0.717, 1.165) is 4.88 Å². The van der Waals surface area contributed by atoms with Crippen molar-refractivity contribution in [2.24, 2.45) is 5.73 Å². The number of ketones is 1. The van der Waals surface area contributed by atoms with Gasteiger partial charge < -0.3 is 5.73 Å². The zero-order valence-corrected chi connectivity index (χ0v) is 16.6. The average Bonchev–Trinajstić information content (AvgIpc) is 3.16. The van der Waals surface area contributed by atoms with Crippen molar-refractivity contribution in [3.8, 4) is 6.07 Å². The van der Waals surface area contributed by atoms with Gasteiger partial charge in [-0.3, -0.25) is 9.69 Å². The second-order valence-corrected chi connectivity index (χ2v) is 8.32. The van der Waals surface area contributed by atoms with Crippen LogP contribution in [0.2, 0.25) is 0 Å². The number of allylic oxidation sites excluding steroid dienone is 3. The minimum atomic E-state index is -0.479. The predicted molar refractivity (Wildman–Crippen MR) is 106 cm³/mol. The minimum Gasteiger partial charge on any atom is -0.384 e. The fraction of sp³-hybridized carbons (Fsp3) is 0.200. The summed E-state index contributed by atoms with van der Waals surface area (Å²) in [7, 11) is 0. The van der Waals surface area contributed by atoms with Crippen LogP contribution in [0.25, 0.3) is 0 Å². The van der Waals surface area contributed by atoms with E-state index in [1.807, 2.05) is 17.5 Å². The highest BCUT2D eigenvalue weighted by Gasteiger charge is 2.41. The molecule has 0 fully saturated rings. The molecule has 2 N–H and O–H groups in total. The monoisotopic (exact) mass is 443 g/mol. The van der Waals surface area contributed by atoms with Crippen molar-refractivity contribution in [2.75, 3.05) is 4.90 Å². The summed E-state index contributed by atoms with van der Waals surface area (Å²) in [5.74, 6) is -0.764. The minimum absolute atomic E-state index is 0.00239. The highest BCUT2D eigenvalue weighted by atomic mass is 79.9. The maximum Gasteiger partial charge on any atom is 0.161 e. The first-order valence-electron chi connectivity index (χ1n) is 8.47. The number of anilines is 1. The predicted octanol–water partition coefficient (Wildman–Crippen LogP) is 4.95. The van der Waals surface area contributed by atoms with Crippen molar-refractivity contribution in [3.05, 3.63) is 73.5 Å². The van der Waals surface area contributed by atoms with Crippen LogP contribution in [0.5, 0.6) is 0 Å². The third-order valence-corrected chi connectivity index (χ3v) is 6.32. The van der Waals surface area contributed by atoms with Gasteiger partial charge in [0.05, 0.1) is 23.2 Å². The van der Waals surface area contributed by atoms with Crippen molar-refractivity contribution < 1.29 is 9.18 Å². The van der Waals surface area contributed by atoms with Crippen molar-refractivity contribution in [2.45, 2.75) is 25.2 Å². The Morgan fingerprint density at radius 2 is 2.15 bits per heavy atom. The van der Waals surface area contributed by atoms with Crippen LogP contribution in [0.1, 0.15) is 30.1 Å². The normalized spacial score (nSPS) is 20.0. The van der Waals surface area contributed by atoms with Gasteiger partial charge in [-0.25, -0.2) is 4.39 Å². The number of nitrogens with two attached hydrogens (primary N) is 1. The molecule has 136 valence electrons. The molecule has 1 atom stereocenters. The summed E-state index contributed by atoms with van der Waals surface area (Å²) in [4.78, 5) is 15.3. The fourth-order valence-electron chi connectivity index (χ4n) is 3.76. The third kappa shape index (κ3) is 2.89. The fourth-order valence-corrected chi connectivity index (χ4v) is 4.94.